The highest BCUT2D eigenvalue weighted by Gasteiger charge is 2.26. The summed E-state index contributed by atoms with van der Waals surface area (Å²) < 4.78 is 9.51. The summed E-state index contributed by atoms with van der Waals surface area (Å²) in [6, 6.07) is 9.09. The minimum atomic E-state index is -0.328. The molecule has 1 saturated carbocycles. The van der Waals surface area contributed by atoms with Gasteiger partial charge in [0.2, 0.25) is 0 Å². The predicted molar refractivity (Wildman–Crippen MR) is 110 cm³/mol. The number of nitrogens with zero attached hydrogens (tertiary/aromatic N) is 7. The number of anilines is 1. The summed E-state index contributed by atoms with van der Waals surface area (Å²) in [5, 5.41) is 14.7. The first-order valence-electron chi connectivity index (χ1n) is 10.1. The molecule has 3 aromatic heterocycles. The number of carbonyl (C=O) groups excluding carboxylic acids is 1. The third-order valence-corrected chi connectivity index (χ3v) is 5.46. The van der Waals surface area contributed by atoms with Crippen LogP contribution in [0, 0.1) is 0 Å². The van der Waals surface area contributed by atoms with E-state index in [9.17, 15) is 4.79 Å². The van der Waals surface area contributed by atoms with Gasteiger partial charge in [0.1, 0.15) is 12.3 Å². The Hall–Kier alpha value is -4.08. The number of hydrogen-bond donors (Lipinski definition) is 1. The van der Waals surface area contributed by atoms with Crippen molar-refractivity contribution in [1.29, 1.82) is 0 Å². The molecule has 4 aromatic rings. The maximum atomic E-state index is 13.0. The number of nitrogens with one attached hydrogen (secondary N) is 1. The molecule has 1 N–H and O–H groups in total. The first kappa shape index (κ1) is 17.8. The van der Waals surface area contributed by atoms with E-state index >= 15 is 0 Å². The van der Waals surface area contributed by atoms with Crippen LogP contribution in [0.15, 0.2) is 49.1 Å². The molecule has 4 heterocycles. The third-order valence-electron chi connectivity index (χ3n) is 5.46. The molecule has 0 saturated heterocycles. The minimum Gasteiger partial charge on any atom is -0.489 e. The van der Waals surface area contributed by atoms with E-state index in [1.165, 1.54) is 12.8 Å². The zero-order valence-corrected chi connectivity index (χ0v) is 16.5. The van der Waals surface area contributed by atoms with Crippen molar-refractivity contribution in [1.82, 2.24) is 34.7 Å². The lowest BCUT2D eigenvalue weighted by Gasteiger charge is -2.13. The van der Waals surface area contributed by atoms with Crippen molar-refractivity contribution in [2.24, 2.45) is 0 Å². The Labute approximate surface area is 176 Å². The van der Waals surface area contributed by atoms with Gasteiger partial charge in [-0.05, 0) is 47.5 Å². The van der Waals surface area contributed by atoms with Crippen molar-refractivity contribution >= 4 is 11.6 Å². The van der Waals surface area contributed by atoms with Gasteiger partial charge in [-0.15, -0.1) is 5.10 Å². The van der Waals surface area contributed by atoms with Crippen LogP contribution >= 0.6 is 0 Å². The Bertz CT molecular complexity index is 1290. The minimum absolute atomic E-state index is 0.301. The number of fused-ring (bicyclic) bond motifs is 3. The Morgan fingerprint density at radius 2 is 2.13 bits per heavy atom. The number of pyridine rings is 1. The molecule has 0 spiro atoms. The van der Waals surface area contributed by atoms with Gasteiger partial charge in [-0.1, -0.05) is 6.07 Å². The molecule has 0 bridgehead atoms. The molecule has 1 aliphatic carbocycles. The SMILES string of the molecule is O=C(Nc1cccc2c1OCCn1nnnc1-2)c1cc(-n2cnc(C3CC3)c2)ccn1. The first-order chi connectivity index (χ1) is 15.3. The Morgan fingerprint density at radius 1 is 1.19 bits per heavy atom. The van der Waals surface area contributed by atoms with Gasteiger partial charge in [0, 0.05) is 18.3 Å². The summed E-state index contributed by atoms with van der Waals surface area (Å²) >= 11 is 0. The van der Waals surface area contributed by atoms with Gasteiger partial charge in [0.05, 0.1) is 35.5 Å². The van der Waals surface area contributed by atoms with Crippen LogP contribution in [0.3, 0.4) is 0 Å². The molecule has 154 valence electrons. The lowest BCUT2D eigenvalue weighted by atomic mass is 10.1. The van der Waals surface area contributed by atoms with Gasteiger partial charge >= 0.3 is 0 Å². The van der Waals surface area contributed by atoms with Crippen LogP contribution in [0.25, 0.3) is 17.1 Å². The smallest absolute Gasteiger partial charge is 0.274 e. The van der Waals surface area contributed by atoms with E-state index in [-0.39, 0.29) is 5.91 Å². The zero-order chi connectivity index (χ0) is 20.8. The summed E-state index contributed by atoms with van der Waals surface area (Å²) in [5.74, 6) is 1.39. The molecule has 10 heteroatoms. The topological polar surface area (TPSA) is 113 Å². The second-order valence-corrected chi connectivity index (χ2v) is 7.59. The fourth-order valence-electron chi connectivity index (χ4n) is 3.71. The standard InChI is InChI=1S/C21H18N8O2/c30-21(17-10-14(6-7-22-17)28-11-18(23-12-28)13-4-5-13)24-16-3-1-2-15-19(16)31-9-8-29-20(15)25-26-27-29/h1-3,6-7,10-13H,4-5,8-9H2,(H,24,30). The van der Waals surface area contributed by atoms with Gasteiger partial charge < -0.3 is 14.6 Å². The van der Waals surface area contributed by atoms with E-state index in [1.807, 2.05) is 29.0 Å². The Balaban J connectivity index is 1.29. The molecular weight excluding hydrogens is 396 g/mol. The molecule has 1 amide bonds. The molecule has 31 heavy (non-hydrogen) atoms. The Kier molecular flexibility index (Phi) is 4.01. The van der Waals surface area contributed by atoms with Crippen molar-refractivity contribution in [3.63, 3.8) is 0 Å². The fourth-order valence-corrected chi connectivity index (χ4v) is 3.71. The second kappa shape index (κ2) is 7.01. The number of amides is 1. The number of carbonyl (C=O) groups is 1. The number of rotatable bonds is 4. The van der Waals surface area contributed by atoms with Crippen LogP contribution in [-0.2, 0) is 6.54 Å². The zero-order valence-electron chi connectivity index (χ0n) is 16.5. The highest BCUT2D eigenvalue weighted by atomic mass is 16.5. The lowest BCUT2D eigenvalue weighted by Crippen LogP contribution is -2.15. The van der Waals surface area contributed by atoms with Crippen LogP contribution in [0.2, 0.25) is 0 Å². The number of ether oxygens (including phenoxy) is 1. The van der Waals surface area contributed by atoms with E-state index in [0.29, 0.717) is 42.0 Å². The summed E-state index contributed by atoms with van der Waals surface area (Å²) in [6.45, 7) is 0.928. The molecule has 1 aliphatic heterocycles. The normalized spacial score (nSPS) is 14.8. The quantitative estimate of drug-likeness (QED) is 0.546. The van der Waals surface area contributed by atoms with E-state index < -0.39 is 0 Å². The van der Waals surface area contributed by atoms with Gasteiger partial charge in [0.15, 0.2) is 11.6 Å². The van der Waals surface area contributed by atoms with Gasteiger partial charge in [-0.25, -0.2) is 9.67 Å². The molecular formula is C21H18N8O2. The first-order valence-corrected chi connectivity index (χ1v) is 10.1. The summed E-state index contributed by atoms with van der Waals surface area (Å²) in [4.78, 5) is 21.7. The largest absolute Gasteiger partial charge is 0.489 e. The van der Waals surface area contributed by atoms with Crippen LogP contribution in [0.5, 0.6) is 5.75 Å². The van der Waals surface area contributed by atoms with Crippen LogP contribution in [0.1, 0.15) is 34.9 Å². The highest BCUT2D eigenvalue weighted by Crippen LogP contribution is 2.39. The molecule has 0 unspecified atom stereocenters. The average molecular weight is 414 g/mol. The molecule has 6 rings (SSSR count). The number of aromatic nitrogens is 7. The maximum absolute atomic E-state index is 13.0. The van der Waals surface area contributed by atoms with E-state index in [4.69, 9.17) is 4.74 Å². The molecule has 2 aliphatic rings. The van der Waals surface area contributed by atoms with Gasteiger partial charge in [0.25, 0.3) is 5.91 Å². The third kappa shape index (κ3) is 3.21. The summed E-state index contributed by atoms with van der Waals surface area (Å²) in [5.41, 5.74) is 3.50. The summed E-state index contributed by atoms with van der Waals surface area (Å²) in [6.07, 6.45) is 7.80. The number of para-hydroxylation sites is 1. The van der Waals surface area contributed by atoms with Crippen LogP contribution in [0.4, 0.5) is 5.69 Å². The van der Waals surface area contributed by atoms with Crippen molar-refractivity contribution in [2.75, 3.05) is 11.9 Å². The van der Waals surface area contributed by atoms with Crippen molar-refractivity contribution < 1.29 is 9.53 Å². The highest BCUT2D eigenvalue weighted by molar-refractivity contribution is 6.04. The second-order valence-electron chi connectivity index (χ2n) is 7.59. The average Bonchev–Trinajstić information content (AvgIpc) is 3.39. The Morgan fingerprint density at radius 3 is 3.03 bits per heavy atom. The van der Waals surface area contributed by atoms with Crippen LogP contribution in [-0.4, -0.2) is 47.3 Å². The van der Waals surface area contributed by atoms with Crippen molar-refractivity contribution in [3.8, 4) is 22.8 Å². The van der Waals surface area contributed by atoms with Gasteiger partial charge in [-0.2, -0.15) is 0 Å². The van der Waals surface area contributed by atoms with Gasteiger partial charge in [-0.3, -0.25) is 9.78 Å². The molecule has 1 fully saturated rings. The lowest BCUT2D eigenvalue weighted by molar-refractivity contribution is 0.102. The molecule has 10 nitrogen and oxygen atoms in total. The predicted octanol–water partition coefficient (Wildman–Crippen LogP) is 2.44. The molecule has 0 radical (unpaired) electrons. The number of hydrogen-bond acceptors (Lipinski definition) is 7. The maximum Gasteiger partial charge on any atom is 0.274 e. The van der Waals surface area contributed by atoms with E-state index in [1.54, 1.807) is 29.3 Å². The van der Waals surface area contributed by atoms with Crippen molar-refractivity contribution in [3.05, 3.63) is 60.4 Å². The number of tetrazole rings is 1. The monoisotopic (exact) mass is 414 g/mol. The van der Waals surface area contributed by atoms with Crippen molar-refractivity contribution in [2.45, 2.75) is 25.3 Å². The fraction of sp³-hybridized carbons (Fsp3) is 0.238. The summed E-state index contributed by atoms with van der Waals surface area (Å²) in [7, 11) is 0. The van der Waals surface area contributed by atoms with Crippen LogP contribution < -0.4 is 10.1 Å². The van der Waals surface area contributed by atoms with E-state index in [0.717, 1.165) is 16.9 Å². The number of imidazole rings is 1. The molecule has 1 aromatic carbocycles. The molecule has 0 atom stereocenters. The van der Waals surface area contributed by atoms with E-state index in [2.05, 4.69) is 30.8 Å². The number of benzene rings is 1.